The quantitative estimate of drug-likeness (QED) is 0.933. The van der Waals surface area contributed by atoms with Gasteiger partial charge < -0.3 is 10.5 Å². The van der Waals surface area contributed by atoms with E-state index in [0.717, 1.165) is 30.8 Å². The number of nitrogens with zero attached hydrogens (tertiary/aromatic N) is 1. The molecule has 0 saturated carbocycles. The standard InChI is InChI=1S/C15H21F3N2O/c1-10-8-20(9-11(2)21-10)14(7-19)12-3-5-13(6-4-12)15(16,17)18/h3-6,10-11,14H,7-9,19H2,1-2H3/t10-,11-,14+/m1/s1. The Hall–Kier alpha value is -1.11. The molecule has 1 aliphatic heterocycles. The monoisotopic (exact) mass is 302 g/mol. The highest BCUT2D eigenvalue weighted by atomic mass is 19.4. The Morgan fingerprint density at radius 3 is 2.14 bits per heavy atom. The number of alkyl halides is 3. The molecular weight excluding hydrogens is 281 g/mol. The molecule has 0 spiro atoms. The third-order valence-corrected chi connectivity index (χ3v) is 3.73. The molecule has 0 bridgehead atoms. The van der Waals surface area contributed by atoms with Crippen molar-refractivity contribution in [3.05, 3.63) is 35.4 Å². The third kappa shape index (κ3) is 3.96. The summed E-state index contributed by atoms with van der Waals surface area (Å²) in [7, 11) is 0. The fraction of sp³-hybridized carbons (Fsp3) is 0.600. The van der Waals surface area contributed by atoms with Crippen LogP contribution in [0, 0.1) is 0 Å². The Balaban J connectivity index is 2.17. The fourth-order valence-corrected chi connectivity index (χ4v) is 2.86. The van der Waals surface area contributed by atoms with Crippen molar-refractivity contribution in [3.8, 4) is 0 Å². The van der Waals surface area contributed by atoms with Gasteiger partial charge in [-0.1, -0.05) is 12.1 Å². The molecule has 118 valence electrons. The lowest BCUT2D eigenvalue weighted by atomic mass is 10.0. The highest BCUT2D eigenvalue weighted by Crippen LogP contribution is 2.31. The largest absolute Gasteiger partial charge is 0.416 e. The molecule has 3 nitrogen and oxygen atoms in total. The van der Waals surface area contributed by atoms with Gasteiger partial charge in [0.1, 0.15) is 0 Å². The van der Waals surface area contributed by atoms with E-state index < -0.39 is 11.7 Å². The van der Waals surface area contributed by atoms with Crippen LogP contribution in [0.5, 0.6) is 0 Å². The predicted octanol–water partition coefficient (Wildman–Crippen LogP) is 2.81. The second kappa shape index (κ2) is 6.34. The lowest BCUT2D eigenvalue weighted by Gasteiger charge is -2.40. The van der Waals surface area contributed by atoms with E-state index in [1.807, 2.05) is 13.8 Å². The number of rotatable bonds is 3. The molecule has 21 heavy (non-hydrogen) atoms. The van der Waals surface area contributed by atoms with Crippen LogP contribution in [0.1, 0.15) is 31.0 Å². The molecule has 1 aromatic rings. The second-order valence-electron chi connectivity index (χ2n) is 5.58. The summed E-state index contributed by atoms with van der Waals surface area (Å²) in [6, 6.07) is 5.19. The van der Waals surface area contributed by atoms with E-state index in [-0.39, 0.29) is 18.2 Å². The summed E-state index contributed by atoms with van der Waals surface area (Å²) in [5.41, 5.74) is 6.02. The van der Waals surface area contributed by atoms with E-state index >= 15 is 0 Å². The van der Waals surface area contributed by atoms with E-state index in [4.69, 9.17) is 10.5 Å². The molecule has 3 atom stereocenters. The zero-order valence-electron chi connectivity index (χ0n) is 12.2. The number of benzene rings is 1. The average Bonchev–Trinajstić information content (AvgIpc) is 2.38. The summed E-state index contributed by atoms with van der Waals surface area (Å²) in [4.78, 5) is 2.18. The summed E-state index contributed by atoms with van der Waals surface area (Å²) >= 11 is 0. The van der Waals surface area contributed by atoms with Crippen molar-refractivity contribution >= 4 is 0 Å². The normalized spacial score (nSPS) is 25.8. The summed E-state index contributed by atoms with van der Waals surface area (Å²) in [6.45, 7) is 5.80. The minimum Gasteiger partial charge on any atom is -0.373 e. The highest BCUT2D eigenvalue weighted by molar-refractivity contribution is 5.27. The van der Waals surface area contributed by atoms with Crippen LogP contribution in [-0.4, -0.2) is 36.7 Å². The van der Waals surface area contributed by atoms with Crippen LogP contribution in [-0.2, 0) is 10.9 Å². The van der Waals surface area contributed by atoms with Crippen LogP contribution in [0.4, 0.5) is 13.2 Å². The summed E-state index contributed by atoms with van der Waals surface area (Å²) in [5.74, 6) is 0. The van der Waals surface area contributed by atoms with Gasteiger partial charge in [0.15, 0.2) is 0 Å². The lowest BCUT2D eigenvalue weighted by Crippen LogP contribution is -2.48. The van der Waals surface area contributed by atoms with Crippen molar-refractivity contribution in [2.45, 2.75) is 38.3 Å². The minimum absolute atomic E-state index is 0.0823. The predicted molar refractivity (Wildman–Crippen MR) is 74.8 cm³/mol. The minimum atomic E-state index is -4.31. The maximum Gasteiger partial charge on any atom is 0.416 e. The van der Waals surface area contributed by atoms with Gasteiger partial charge in [-0.15, -0.1) is 0 Å². The van der Waals surface area contributed by atoms with Gasteiger partial charge in [0, 0.05) is 25.7 Å². The van der Waals surface area contributed by atoms with Gasteiger partial charge in [-0.2, -0.15) is 13.2 Å². The Morgan fingerprint density at radius 1 is 1.19 bits per heavy atom. The number of morpholine rings is 1. The highest BCUT2D eigenvalue weighted by Gasteiger charge is 2.31. The molecule has 2 rings (SSSR count). The summed E-state index contributed by atoms with van der Waals surface area (Å²) < 4.78 is 43.5. The van der Waals surface area contributed by atoms with E-state index in [1.165, 1.54) is 12.1 Å². The molecule has 1 aromatic carbocycles. The van der Waals surface area contributed by atoms with E-state index in [1.54, 1.807) is 0 Å². The number of ether oxygens (including phenoxy) is 1. The van der Waals surface area contributed by atoms with Crippen molar-refractivity contribution in [1.29, 1.82) is 0 Å². The SMILES string of the molecule is C[C@@H]1CN([C@@H](CN)c2ccc(C(F)(F)F)cc2)C[C@@H](C)O1. The fourth-order valence-electron chi connectivity index (χ4n) is 2.86. The summed E-state index contributed by atoms with van der Waals surface area (Å²) in [6.07, 6.45) is -4.12. The van der Waals surface area contributed by atoms with Crippen LogP contribution in [0.2, 0.25) is 0 Å². The van der Waals surface area contributed by atoms with Gasteiger partial charge in [-0.05, 0) is 31.5 Å². The number of hydrogen-bond acceptors (Lipinski definition) is 3. The Morgan fingerprint density at radius 2 is 1.71 bits per heavy atom. The molecule has 2 N–H and O–H groups in total. The maximum atomic E-state index is 12.6. The van der Waals surface area contributed by atoms with Gasteiger partial charge in [0.05, 0.1) is 17.8 Å². The molecular formula is C15H21F3N2O. The Bertz CT molecular complexity index is 451. The molecule has 0 radical (unpaired) electrons. The molecule has 1 fully saturated rings. The number of nitrogens with two attached hydrogens (primary N) is 1. The zero-order valence-corrected chi connectivity index (χ0v) is 12.2. The first-order valence-corrected chi connectivity index (χ1v) is 7.08. The van der Waals surface area contributed by atoms with Crippen LogP contribution in [0.15, 0.2) is 24.3 Å². The van der Waals surface area contributed by atoms with Crippen molar-refractivity contribution in [1.82, 2.24) is 4.90 Å². The van der Waals surface area contributed by atoms with Crippen LogP contribution >= 0.6 is 0 Å². The smallest absolute Gasteiger partial charge is 0.373 e. The zero-order chi connectivity index (χ0) is 15.6. The molecule has 1 aliphatic rings. The Kier molecular flexibility index (Phi) is 4.91. The first-order valence-electron chi connectivity index (χ1n) is 7.08. The topological polar surface area (TPSA) is 38.5 Å². The number of hydrogen-bond donors (Lipinski definition) is 1. The van der Waals surface area contributed by atoms with Crippen molar-refractivity contribution < 1.29 is 17.9 Å². The molecule has 6 heteroatoms. The van der Waals surface area contributed by atoms with Crippen LogP contribution in [0.3, 0.4) is 0 Å². The molecule has 1 saturated heterocycles. The summed E-state index contributed by atoms with van der Waals surface area (Å²) in [5, 5.41) is 0. The van der Waals surface area contributed by atoms with Crippen molar-refractivity contribution in [2.24, 2.45) is 5.73 Å². The average molecular weight is 302 g/mol. The van der Waals surface area contributed by atoms with Crippen LogP contribution < -0.4 is 5.73 Å². The molecule has 1 heterocycles. The van der Waals surface area contributed by atoms with Gasteiger partial charge >= 0.3 is 6.18 Å². The van der Waals surface area contributed by atoms with E-state index in [9.17, 15) is 13.2 Å². The first kappa shape index (κ1) is 16.3. The van der Waals surface area contributed by atoms with Crippen molar-refractivity contribution in [3.63, 3.8) is 0 Å². The van der Waals surface area contributed by atoms with Crippen molar-refractivity contribution in [2.75, 3.05) is 19.6 Å². The van der Waals surface area contributed by atoms with Gasteiger partial charge in [-0.25, -0.2) is 0 Å². The molecule has 0 unspecified atom stereocenters. The molecule has 0 aliphatic carbocycles. The van der Waals surface area contributed by atoms with Gasteiger partial charge in [0.25, 0.3) is 0 Å². The van der Waals surface area contributed by atoms with Gasteiger partial charge in [-0.3, -0.25) is 4.90 Å². The van der Waals surface area contributed by atoms with E-state index in [2.05, 4.69) is 4.90 Å². The third-order valence-electron chi connectivity index (χ3n) is 3.73. The van der Waals surface area contributed by atoms with E-state index in [0.29, 0.717) is 6.54 Å². The molecule has 0 aromatic heterocycles. The number of halogens is 3. The first-order chi connectivity index (χ1) is 9.81. The second-order valence-corrected chi connectivity index (χ2v) is 5.58. The van der Waals surface area contributed by atoms with Crippen LogP contribution in [0.25, 0.3) is 0 Å². The Labute approximate surface area is 122 Å². The molecule has 0 amide bonds. The lowest BCUT2D eigenvalue weighted by molar-refractivity contribution is -0.137. The van der Waals surface area contributed by atoms with Gasteiger partial charge in [0.2, 0.25) is 0 Å². The maximum absolute atomic E-state index is 12.6.